The first-order valence-electron chi connectivity index (χ1n) is 5.05. The van der Waals surface area contributed by atoms with E-state index in [-0.39, 0.29) is 23.5 Å². The minimum Gasteiger partial charge on any atom is -0.469 e. The van der Waals surface area contributed by atoms with Gasteiger partial charge in [0.1, 0.15) is 5.76 Å². The van der Waals surface area contributed by atoms with Gasteiger partial charge in [0.25, 0.3) is 0 Å². The monoisotopic (exact) mass is 229 g/mol. The average molecular weight is 229 g/mol. The molecule has 84 valence electrons. The van der Waals surface area contributed by atoms with E-state index in [1.165, 1.54) is 0 Å². The predicted octanol–water partition coefficient (Wildman–Crippen LogP) is 0.584. The molecule has 1 aliphatic heterocycles. The number of sulfone groups is 1. The molecule has 2 unspecified atom stereocenters. The van der Waals surface area contributed by atoms with Gasteiger partial charge in [-0.3, -0.25) is 0 Å². The van der Waals surface area contributed by atoms with Crippen LogP contribution in [-0.2, 0) is 16.3 Å². The van der Waals surface area contributed by atoms with Crippen LogP contribution in [-0.4, -0.2) is 26.0 Å². The van der Waals surface area contributed by atoms with Crippen molar-refractivity contribution >= 4 is 9.84 Å². The molecule has 15 heavy (non-hydrogen) atoms. The van der Waals surface area contributed by atoms with Gasteiger partial charge in [-0.25, -0.2) is 8.42 Å². The minimum atomic E-state index is -2.83. The Hall–Kier alpha value is -0.810. The summed E-state index contributed by atoms with van der Waals surface area (Å²) in [4.78, 5) is 0. The van der Waals surface area contributed by atoms with Gasteiger partial charge < -0.3 is 10.2 Å². The minimum absolute atomic E-state index is 0.0834. The molecule has 1 aromatic heterocycles. The van der Waals surface area contributed by atoms with Gasteiger partial charge in [-0.05, 0) is 24.5 Å². The van der Waals surface area contributed by atoms with Crippen LogP contribution < -0.4 is 5.73 Å². The molecule has 1 fully saturated rings. The molecule has 0 saturated carbocycles. The molecule has 2 N–H and O–H groups in total. The van der Waals surface area contributed by atoms with Gasteiger partial charge in [0.05, 0.1) is 17.8 Å². The third-order valence-corrected chi connectivity index (χ3v) is 4.68. The van der Waals surface area contributed by atoms with Crippen molar-refractivity contribution in [3.8, 4) is 0 Å². The summed E-state index contributed by atoms with van der Waals surface area (Å²) in [5.41, 5.74) is 5.97. The van der Waals surface area contributed by atoms with E-state index in [0.717, 1.165) is 5.76 Å². The fourth-order valence-electron chi connectivity index (χ4n) is 1.99. The van der Waals surface area contributed by atoms with Crippen molar-refractivity contribution in [3.05, 3.63) is 24.2 Å². The van der Waals surface area contributed by atoms with Crippen molar-refractivity contribution < 1.29 is 12.8 Å². The summed E-state index contributed by atoms with van der Waals surface area (Å²) in [5, 5.41) is 0. The summed E-state index contributed by atoms with van der Waals surface area (Å²) < 4.78 is 27.7. The normalized spacial score (nSPS) is 26.6. The smallest absolute Gasteiger partial charge is 0.150 e. The van der Waals surface area contributed by atoms with Crippen molar-refractivity contribution in [1.29, 1.82) is 0 Å². The van der Waals surface area contributed by atoms with E-state index in [4.69, 9.17) is 10.2 Å². The van der Waals surface area contributed by atoms with Crippen molar-refractivity contribution in [2.45, 2.75) is 18.9 Å². The largest absolute Gasteiger partial charge is 0.469 e. The first kappa shape index (κ1) is 10.7. The molecule has 1 aromatic rings. The molecule has 2 heterocycles. The molecular formula is C10H15NO3S. The van der Waals surface area contributed by atoms with Crippen LogP contribution in [0.25, 0.3) is 0 Å². The third kappa shape index (κ3) is 2.60. The van der Waals surface area contributed by atoms with Crippen LogP contribution in [0.5, 0.6) is 0 Å². The number of hydrogen-bond acceptors (Lipinski definition) is 4. The van der Waals surface area contributed by atoms with Crippen LogP contribution in [0.3, 0.4) is 0 Å². The molecule has 1 saturated heterocycles. The second kappa shape index (κ2) is 3.98. The Bertz CT molecular complexity index is 410. The Kier molecular flexibility index (Phi) is 2.84. The lowest BCUT2D eigenvalue weighted by Gasteiger charge is -2.15. The number of nitrogens with two attached hydrogens (primary N) is 1. The molecule has 2 atom stereocenters. The van der Waals surface area contributed by atoms with Crippen molar-refractivity contribution in [2.75, 3.05) is 11.5 Å². The maximum atomic E-state index is 11.3. The number of furan rings is 1. The molecule has 0 aromatic carbocycles. The molecule has 0 bridgehead atoms. The Balaban J connectivity index is 1.95. The zero-order valence-corrected chi connectivity index (χ0v) is 9.24. The van der Waals surface area contributed by atoms with Gasteiger partial charge >= 0.3 is 0 Å². The van der Waals surface area contributed by atoms with Crippen LogP contribution >= 0.6 is 0 Å². The molecule has 2 rings (SSSR count). The first-order chi connectivity index (χ1) is 7.07. The maximum Gasteiger partial charge on any atom is 0.150 e. The highest BCUT2D eigenvalue weighted by Gasteiger charge is 2.32. The molecule has 0 aliphatic carbocycles. The van der Waals surface area contributed by atoms with E-state index in [1.807, 2.05) is 12.1 Å². The quantitative estimate of drug-likeness (QED) is 0.823. The van der Waals surface area contributed by atoms with E-state index in [0.29, 0.717) is 12.8 Å². The Morgan fingerprint density at radius 2 is 2.40 bits per heavy atom. The summed E-state index contributed by atoms with van der Waals surface area (Å²) in [7, 11) is -2.83. The Labute approximate surface area is 89.4 Å². The zero-order valence-electron chi connectivity index (χ0n) is 8.43. The summed E-state index contributed by atoms with van der Waals surface area (Å²) in [5.74, 6) is 1.42. The summed E-state index contributed by atoms with van der Waals surface area (Å²) in [6.07, 6.45) is 2.91. The fraction of sp³-hybridized carbons (Fsp3) is 0.600. The fourth-order valence-corrected chi connectivity index (χ4v) is 3.88. The zero-order chi connectivity index (χ0) is 10.9. The van der Waals surface area contributed by atoms with Crippen molar-refractivity contribution in [1.82, 2.24) is 0 Å². The van der Waals surface area contributed by atoms with E-state index in [9.17, 15) is 8.42 Å². The number of rotatable bonds is 3. The molecule has 1 aliphatic rings. The van der Waals surface area contributed by atoms with Crippen LogP contribution in [0.2, 0.25) is 0 Å². The lowest BCUT2D eigenvalue weighted by molar-refractivity contribution is 0.415. The van der Waals surface area contributed by atoms with Crippen molar-refractivity contribution in [2.24, 2.45) is 11.7 Å². The number of hydrogen-bond donors (Lipinski definition) is 1. The Morgan fingerprint density at radius 1 is 1.60 bits per heavy atom. The molecule has 0 spiro atoms. The van der Waals surface area contributed by atoms with Gasteiger partial charge in [-0.1, -0.05) is 0 Å². The molecule has 0 radical (unpaired) electrons. The third-order valence-electron chi connectivity index (χ3n) is 2.89. The van der Waals surface area contributed by atoms with Gasteiger partial charge in [0.2, 0.25) is 0 Å². The molecule has 0 amide bonds. The molecular weight excluding hydrogens is 214 g/mol. The van der Waals surface area contributed by atoms with E-state index in [1.54, 1.807) is 6.26 Å². The maximum absolute atomic E-state index is 11.3. The van der Waals surface area contributed by atoms with Gasteiger partial charge in [0.15, 0.2) is 9.84 Å². The summed E-state index contributed by atoms with van der Waals surface area (Å²) >= 11 is 0. The average Bonchev–Trinajstić information content (AvgIpc) is 2.74. The summed E-state index contributed by atoms with van der Waals surface area (Å²) in [6, 6.07) is 3.56. The lowest BCUT2D eigenvalue weighted by atomic mass is 9.96. The second-order valence-corrected chi connectivity index (χ2v) is 6.34. The van der Waals surface area contributed by atoms with Crippen LogP contribution in [0.15, 0.2) is 22.8 Å². The molecule has 5 heteroatoms. The Morgan fingerprint density at radius 3 is 2.93 bits per heavy atom. The molecule has 4 nitrogen and oxygen atoms in total. The highest BCUT2D eigenvalue weighted by Crippen LogP contribution is 2.22. The SMILES string of the molecule is NC(Cc1ccco1)C1CCS(=O)(=O)C1. The van der Waals surface area contributed by atoms with Crippen molar-refractivity contribution in [3.63, 3.8) is 0 Å². The van der Waals surface area contributed by atoms with Gasteiger partial charge in [0, 0.05) is 12.5 Å². The van der Waals surface area contributed by atoms with E-state index < -0.39 is 9.84 Å². The summed E-state index contributed by atoms with van der Waals surface area (Å²) in [6.45, 7) is 0. The van der Waals surface area contributed by atoms with Gasteiger partial charge in [-0.2, -0.15) is 0 Å². The highest BCUT2D eigenvalue weighted by molar-refractivity contribution is 7.91. The topological polar surface area (TPSA) is 73.3 Å². The van der Waals surface area contributed by atoms with E-state index in [2.05, 4.69) is 0 Å². The standard InChI is InChI=1S/C10H15NO3S/c11-10(6-9-2-1-4-14-9)8-3-5-15(12,13)7-8/h1-2,4,8,10H,3,5-7,11H2. The van der Waals surface area contributed by atoms with Crippen LogP contribution in [0.1, 0.15) is 12.2 Å². The second-order valence-electron chi connectivity index (χ2n) is 4.11. The van der Waals surface area contributed by atoms with Gasteiger partial charge in [-0.15, -0.1) is 0 Å². The van der Waals surface area contributed by atoms with E-state index >= 15 is 0 Å². The van der Waals surface area contributed by atoms with Crippen LogP contribution in [0.4, 0.5) is 0 Å². The first-order valence-corrected chi connectivity index (χ1v) is 6.87. The lowest BCUT2D eigenvalue weighted by Crippen LogP contribution is -2.32. The highest BCUT2D eigenvalue weighted by atomic mass is 32.2. The predicted molar refractivity (Wildman–Crippen MR) is 57.1 cm³/mol. The van der Waals surface area contributed by atoms with Crippen LogP contribution in [0, 0.1) is 5.92 Å².